The second-order valence-electron chi connectivity index (χ2n) is 5.31. The van der Waals surface area contributed by atoms with Crippen LogP contribution in [0.5, 0.6) is 5.75 Å². The zero-order valence-corrected chi connectivity index (χ0v) is 12.6. The molecular weight excluding hydrogens is 278 g/mol. The molecular formula is C18H19NO3. The molecule has 3 rings (SSSR count). The van der Waals surface area contributed by atoms with Gasteiger partial charge in [-0.1, -0.05) is 24.3 Å². The molecule has 114 valence electrons. The number of nitrogens with one attached hydrogen (secondary N) is 1. The summed E-state index contributed by atoms with van der Waals surface area (Å²) in [7, 11) is 1.67. The van der Waals surface area contributed by atoms with Crippen LogP contribution in [0.4, 0.5) is 0 Å². The summed E-state index contributed by atoms with van der Waals surface area (Å²) in [5.41, 5.74) is 3.94. The lowest BCUT2D eigenvalue weighted by molar-refractivity contribution is 0.0950. The molecule has 0 unspecified atom stereocenters. The van der Waals surface area contributed by atoms with Gasteiger partial charge in [0, 0.05) is 25.6 Å². The molecule has 0 bridgehead atoms. The first-order chi connectivity index (χ1) is 10.8. The van der Waals surface area contributed by atoms with E-state index >= 15 is 0 Å². The number of methoxy groups -OCH3 is 1. The highest BCUT2D eigenvalue weighted by atomic mass is 16.5. The molecule has 22 heavy (non-hydrogen) atoms. The van der Waals surface area contributed by atoms with Crippen LogP contribution >= 0.6 is 0 Å². The van der Waals surface area contributed by atoms with Crippen molar-refractivity contribution in [3.05, 3.63) is 64.7 Å². The molecule has 4 nitrogen and oxygen atoms in total. The van der Waals surface area contributed by atoms with E-state index in [9.17, 15) is 4.79 Å². The smallest absolute Gasteiger partial charge is 0.251 e. The van der Waals surface area contributed by atoms with Crippen molar-refractivity contribution in [3.63, 3.8) is 0 Å². The molecule has 1 amide bonds. The van der Waals surface area contributed by atoms with Gasteiger partial charge < -0.3 is 14.8 Å². The Morgan fingerprint density at radius 3 is 2.86 bits per heavy atom. The summed E-state index contributed by atoms with van der Waals surface area (Å²) in [5, 5.41) is 2.97. The molecule has 0 radical (unpaired) electrons. The lowest BCUT2D eigenvalue weighted by atomic mass is 10.1. The summed E-state index contributed by atoms with van der Waals surface area (Å²) < 4.78 is 10.6. The van der Waals surface area contributed by atoms with Crippen molar-refractivity contribution in [2.45, 2.75) is 19.6 Å². The standard InChI is InChI=1S/C18H19NO3/c1-21-12-16-5-3-2-4-15(16)11-19-18(20)14-6-7-17-13(10-14)8-9-22-17/h2-7,10H,8-9,11-12H2,1H3,(H,19,20). The number of carbonyl (C=O) groups excluding carboxylic acids is 1. The fraction of sp³-hybridized carbons (Fsp3) is 0.278. The predicted molar refractivity (Wildman–Crippen MR) is 84.0 cm³/mol. The van der Waals surface area contributed by atoms with Crippen LogP contribution in [-0.4, -0.2) is 19.6 Å². The lowest BCUT2D eigenvalue weighted by Crippen LogP contribution is -2.23. The quantitative estimate of drug-likeness (QED) is 0.923. The zero-order valence-electron chi connectivity index (χ0n) is 12.6. The maximum Gasteiger partial charge on any atom is 0.251 e. The maximum atomic E-state index is 12.3. The molecule has 0 saturated heterocycles. The van der Waals surface area contributed by atoms with Crippen LogP contribution in [0.25, 0.3) is 0 Å². The SMILES string of the molecule is COCc1ccccc1CNC(=O)c1ccc2c(c1)CCO2. The first kappa shape index (κ1) is 14.6. The van der Waals surface area contributed by atoms with Crippen molar-refractivity contribution in [2.24, 2.45) is 0 Å². The molecule has 0 atom stereocenters. The van der Waals surface area contributed by atoms with Gasteiger partial charge in [0.1, 0.15) is 5.75 Å². The topological polar surface area (TPSA) is 47.6 Å². The number of hydrogen-bond acceptors (Lipinski definition) is 3. The first-order valence-corrected chi connectivity index (χ1v) is 7.37. The van der Waals surface area contributed by atoms with Gasteiger partial charge in [-0.05, 0) is 34.9 Å². The minimum atomic E-state index is -0.0677. The maximum absolute atomic E-state index is 12.3. The summed E-state index contributed by atoms with van der Waals surface area (Å²) in [6.45, 7) is 1.74. The zero-order chi connectivity index (χ0) is 15.4. The number of rotatable bonds is 5. The lowest BCUT2D eigenvalue weighted by Gasteiger charge is -2.10. The fourth-order valence-corrected chi connectivity index (χ4v) is 2.63. The molecule has 2 aromatic carbocycles. The summed E-state index contributed by atoms with van der Waals surface area (Å²) in [6, 6.07) is 13.5. The number of amides is 1. The minimum absolute atomic E-state index is 0.0677. The average Bonchev–Trinajstić information content (AvgIpc) is 3.01. The highest BCUT2D eigenvalue weighted by molar-refractivity contribution is 5.94. The van der Waals surface area contributed by atoms with Gasteiger partial charge in [-0.15, -0.1) is 0 Å². The normalized spacial score (nSPS) is 12.6. The Bertz CT molecular complexity index is 682. The highest BCUT2D eigenvalue weighted by Crippen LogP contribution is 2.25. The first-order valence-electron chi connectivity index (χ1n) is 7.37. The van der Waals surface area contributed by atoms with Gasteiger partial charge in [-0.2, -0.15) is 0 Å². The van der Waals surface area contributed by atoms with E-state index in [1.807, 2.05) is 36.4 Å². The van der Waals surface area contributed by atoms with Crippen molar-refractivity contribution in [1.29, 1.82) is 0 Å². The third-order valence-electron chi connectivity index (χ3n) is 3.81. The minimum Gasteiger partial charge on any atom is -0.493 e. The van der Waals surface area contributed by atoms with E-state index in [1.165, 1.54) is 0 Å². The van der Waals surface area contributed by atoms with E-state index in [0.29, 0.717) is 25.3 Å². The van der Waals surface area contributed by atoms with Crippen LogP contribution < -0.4 is 10.1 Å². The predicted octanol–water partition coefficient (Wildman–Crippen LogP) is 2.70. The van der Waals surface area contributed by atoms with Crippen molar-refractivity contribution >= 4 is 5.91 Å². The van der Waals surface area contributed by atoms with Crippen LogP contribution in [-0.2, 0) is 24.3 Å². The van der Waals surface area contributed by atoms with Crippen molar-refractivity contribution in [3.8, 4) is 5.75 Å². The third kappa shape index (κ3) is 3.12. The molecule has 1 heterocycles. The number of benzene rings is 2. The summed E-state index contributed by atoms with van der Waals surface area (Å²) >= 11 is 0. The Balaban J connectivity index is 1.68. The van der Waals surface area contributed by atoms with Gasteiger partial charge in [0.15, 0.2) is 0 Å². The summed E-state index contributed by atoms with van der Waals surface area (Å²) in [6.07, 6.45) is 0.868. The summed E-state index contributed by atoms with van der Waals surface area (Å²) in [4.78, 5) is 12.3. The summed E-state index contributed by atoms with van der Waals surface area (Å²) in [5.74, 6) is 0.823. The number of carbonyl (C=O) groups is 1. The van der Waals surface area contributed by atoms with E-state index in [0.717, 1.165) is 28.9 Å². The van der Waals surface area contributed by atoms with E-state index in [1.54, 1.807) is 13.2 Å². The molecule has 1 aliphatic rings. The molecule has 0 aliphatic carbocycles. The second-order valence-corrected chi connectivity index (χ2v) is 5.31. The molecule has 1 N–H and O–H groups in total. The van der Waals surface area contributed by atoms with Crippen molar-refractivity contribution in [1.82, 2.24) is 5.32 Å². The van der Waals surface area contributed by atoms with Gasteiger partial charge >= 0.3 is 0 Å². The van der Waals surface area contributed by atoms with Gasteiger partial charge in [-0.3, -0.25) is 4.79 Å². The Hall–Kier alpha value is -2.33. The molecule has 0 spiro atoms. The molecule has 0 aromatic heterocycles. The van der Waals surface area contributed by atoms with Crippen LogP contribution in [0, 0.1) is 0 Å². The Kier molecular flexibility index (Phi) is 4.39. The third-order valence-corrected chi connectivity index (χ3v) is 3.81. The van der Waals surface area contributed by atoms with Gasteiger partial charge in [0.25, 0.3) is 5.91 Å². The van der Waals surface area contributed by atoms with Crippen LogP contribution in [0.2, 0.25) is 0 Å². The van der Waals surface area contributed by atoms with E-state index < -0.39 is 0 Å². The molecule has 0 saturated carbocycles. The van der Waals surface area contributed by atoms with Crippen LogP contribution in [0.3, 0.4) is 0 Å². The molecule has 1 aliphatic heterocycles. The number of ether oxygens (including phenoxy) is 2. The molecule has 2 aromatic rings. The van der Waals surface area contributed by atoms with Gasteiger partial charge in [0.2, 0.25) is 0 Å². The fourth-order valence-electron chi connectivity index (χ4n) is 2.63. The Labute approximate surface area is 130 Å². The number of fused-ring (bicyclic) bond motifs is 1. The highest BCUT2D eigenvalue weighted by Gasteiger charge is 2.15. The van der Waals surface area contributed by atoms with E-state index in [-0.39, 0.29) is 5.91 Å². The Morgan fingerprint density at radius 2 is 2.05 bits per heavy atom. The Morgan fingerprint density at radius 1 is 1.23 bits per heavy atom. The monoisotopic (exact) mass is 297 g/mol. The number of hydrogen-bond donors (Lipinski definition) is 1. The van der Waals surface area contributed by atoms with Crippen LogP contribution in [0.1, 0.15) is 27.0 Å². The average molecular weight is 297 g/mol. The molecule has 0 fully saturated rings. The van der Waals surface area contributed by atoms with Crippen molar-refractivity contribution in [2.75, 3.05) is 13.7 Å². The second kappa shape index (κ2) is 6.62. The van der Waals surface area contributed by atoms with Crippen molar-refractivity contribution < 1.29 is 14.3 Å². The van der Waals surface area contributed by atoms with Gasteiger partial charge in [0.05, 0.1) is 13.2 Å². The molecule has 4 heteroatoms. The van der Waals surface area contributed by atoms with Crippen LogP contribution in [0.15, 0.2) is 42.5 Å². The van der Waals surface area contributed by atoms with E-state index in [4.69, 9.17) is 9.47 Å². The van der Waals surface area contributed by atoms with Gasteiger partial charge in [-0.25, -0.2) is 0 Å². The largest absolute Gasteiger partial charge is 0.493 e. The van der Waals surface area contributed by atoms with E-state index in [2.05, 4.69) is 5.32 Å².